The molecule has 15 heavy (non-hydrogen) atoms. The molecule has 0 fully saturated rings. The van der Waals surface area contributed by atoms with Crippen LogP contribution in [0.5, 0.6) is 0 Å². The minimum Gasteiger partial charge on any atom is -0.465 e. The van der Waals surface area contributed by atoms with Crippen LogP contribution >= 0.6 is 0 Å². The number of methoxy groups -OCH3 is 1. The zero-order chi connectivity index (χ0) is 11.3. The maximum absolute atomic E-state index is 11.2. The third kappa shape index (κ3) is 2.58. The monoisotopic (exact) mass is 202 g/mol. The lowest BCUT2D eigenvalue weighted by Gasteiger charge is -2.03. The average Bonchev–Trinajstić information content (AvgIpc) is 2.27. The third-order valence-electron chi connectivity index (χ3n) is 1.85. The van der Waals surface area contributed by atoms with Crippen LogP contribution in [-0.4, -0.2) is 13.1 Å². The van der Waals surface area contributed by atoms with Gasteiger partial charge in [-0.3, -0.25) is 0 Å². The molecule has 2 N–H and O–H groups in total. The number of anilines is 1. The van der Waals surface area contributed by atoms with Crippen molar-refractivity contribution in [1.82, 2.24) is 0 Å². The number of hydrogen-bond donors (Lipinski definition) is 1. The second kappa shape index (κ2) is 4.82. The standard InChI is InChI=1S/C11H10N2O2/c1-15-11(14)9-4-5-10(13)8(7-9)3-2-6-12/h2-5,7H,13H2,1H3. The molecule has 0 atom stereocenters. The van der Waals surface area contributed by atoms with Crippen molar-refractivity contribution in [2.24, 2.45) is 0 Å². The van der Waals surface area contributed by atoms with Crippen LogP contribution in [0.15, 0.2) is 24.3 Å². The number of nitrogen functional groups attached to an aromatic ring is 1. The van der Waals surface area contributed by atoms with Gasteiger partial charge in [-0.1, -0.05) is 0 Å². The van der Waals surface area contributed by atoms with Crippen molar-refractivity contribution < 1.29 is 9.53 Å². The van der Waals surface area contributed by atoms with Gasteiger partial charge < -0.3 is 10.5 Å². The highest BCUT2D eigenvalue weighted by Gasteiger charge is 2.06. The first-order valence-electron chi connectivity index (χ1n) is 4.23. The quantitative estimate of drug-likeness (QED) is 0.449. The zero-order valence-corrected chi connectivity index (χ0v) is 8.23. The van der Waals surface area contributed by atoms with Gasteiger partial charge in [-0.2, -0.15) is 5.26 Å². The summed E-state index contributed by atoms with van der Waals surface area (Å²) in [6.07, 6.45) is 2.84. The summed E-state index contributed by atoms with van der Waals surface area (Å²) in [6, 6.07) is 6.61. The predicted molar refractivity (Wildman–Crippen MR) is 56.8 cm³/mol. The van der Waals surface area contributed by atoms with Crippen LogP contribution in [0.4, 0.5) is 5.69 Å². The summed E-state index contributed by atoms with van der Waals surface area (Å²) in [5.41, 5.74) is 7.20. The van der Waals surface area contributed by atoms with Crippen LogP contribution in [0.2, 0.25) is 0 Å². The molecule has 4 heteroatoms. The fourth-order valence-corrected chi connectivity index (χ4v) is 1.09. The molecule has 0 aliphatic heterocycles. The number of carbonyl (C=O) groups is 1. The Bertz CT molecular complexity index is 444. The Hall–Kier alpha value is -2.28. The van der Waals surface area contributed by atoms with E-state index in [9.17, 15) is 4.79 Å². The molecule has 0 aliphatic carbocycles. The minimum atomic E-state index is -0.429. The molecule has 1 rings (SSSR count). The lowest BCUT2D eigenvalue weighted by molar-refractivity contribution is 0.0601. The molecule has 0 heterocycles. The SMILES string of the molecule is COC(=O)c1ccc(N)c(C=CC#N)c1. The number of esters is 1. The predicted octanol–water partition coefficient (Wildman–Crippen LogP) is 1.59. The molecule has 0 saturated heterocycles. The van der Waals surface area contributed by atoms with E-state index < -0.39 is 5.97 Å². The minimum absolute atomic E-state index is 0.407. The summed E-state index contributed by atoms with van der Waals surface area (Å²) in [4.78, 5) is 11.2. The summed E-state index contributed by atoms with van der Waals surface area (Å²) >= 11 is 0. The first kappa shape index (κ1) is 10.8. The van der Waals surface area contributed by atoms with Crippen LogP contribution in [0, 0.1) is 11.3 Å². The highest BCUT2D eigenvalue weighted by molar-refractivity contribution is 5.91. The van der Waals surface area contributed by atoms with Crippen molar-refractivity contribution in [3.8, 4) is 6.07 Å². The molecule has 0 aliphatic rings. The number of allylic oxidation sites excluding steroid dienone is 1. The van der Waals surface area contributed by atoms with Crippen molar-refractivity contribution >= 4 is 17.7 Å². The normalized spacial score (nSPS) is 9.87. The topological polar surface area (TPSA) is 76.1 Å². The van der Waals surface area contributed by atoms with Crippen LogP contribution < -0.4 is 5.73 Å². The lowest BCUT2D eigenvalue weighted by atomic mass is 10.1. The van der Waals surface area contributed by atoms with E-state index in [0.29, 0.717) is 16.8 Å². The van der Waals surface area contributed by atoms with Gasteiger partial charge in [-0.05, 0) is 29.8 Å². The van der Waals surface area contributed by atoms with Crippen LogP contribution in [-0.2, 0) is 4.74 Å². The molecule has 4 nitrogen and oxygen atoms in total. The van der Waals surface area contributed by atoms with Gasteiger partial charge in [0.15, 0.2) is 0 Å². The Morgan fingerprint density at radius 1 is 1.60 bits per heavy atom. The van der Waals surface area contributed by atoms with Crippen molar-refractivity contribution in [3.05, 3.63) is 35.4 Å². The maximum Gasteiger partial charge on any atom is 0.337 e. The van der Waals surface area contributed by atoms with E-state index in [-0.39, 0.29) is 0 Å². The first-order valence-corrected chi connectivity index (χ1v) is 4.23. The Kier molecular flexibility index (Phi) is 3.47. The molecular weight excluding hydrogens is 192 g/mol. The number of nitrogens with zero attached hydrogens (tertiary/aromatic N) is 1. The first-order chi connectivity index (χ1) is 7.19. The van der Waals surface area contributed by atoms with E-state index >= 15 is 0 Å². The number of hydrogen-bond acceptors (Lipinski definition) is 4. The van der Waals surface area contributed by atoms with Gasteiger partial charge in [0.2, 0.25) is 0 Å². The summed E-state index contributed by atoms with van der Waals surface area (Å²) in [6.45, 7) is 0. The second-order valence-electron chi connectivity index (χ2n) is 2.80. The molecule has 0 saturated carbocycles. The molecule has 0 aromatic heterocycles. The lowest BCUT2D eigenvalue weighted by Crippen LogP contribution is -2.02. The fourth-order valence-electron chi connectivity index (χ4n) is 1.09. The summed E-state index contributed by atoms with van der Waals surface area (Å²) in [5.74, 6) is -0.429. The average molecular weight is 202 g/mol. The second-order valence-corrected chi connectivity index (χ2v) is 2.80. The number of rotatable bonds is 2. The zero-order valence-electron chi connectivity index (χ0n) is 8.23. The van der Waals surface area contributed by atoms with E-state index in [0.717, 1.165) is 0 Å². The smallest absolute Gasteiger partial charge is 0.337 e. The van der Waals surface area contributed by atoms with E-state index in [4.69, 9.17) is 11.0 Å². The highest BCUT2D eigenvalue weighted by atomic mass is 16.5. The third-order valence-corrected chi connectivity index (χ3v) is 1.85. The van der Waals surface area contributed by atoms with Crippen LogP contribution in [0.3, 0.4) is 0 Å². The van der Waals surface area contributed by atoms with E-state index in [1.54, 1.807) is 24.3 Å². The van der Waals surface area contributed by atoms with Gasteiger partial charge in [0.1, 0.15) is 0 Å². The van der Waals surface area contributed by atoms with Crippen molar-refractivity contribution in [1.29, 1.82) is 5.26 Å². The Morgan fingerprint density at radius 3 is 2.93 bits per heavy atom. The number of nitrogens with two attached hydrogens (primary N) is 1. The van der Waals surface area contributed by atoms with E-state index in [2.05, 4.69) is 4.74 Å². The number of carbonyl (C=O) groups excluding carboxylic acids is 1. The van der Waals surface area contributed by atoms with Gasteiger partial charge in [-0.15, -0.1) is 0 Å². The number of nitriles is 1. The molecule has 1 aromatic carbocycles. The molecule has 1 aromatic rings. The van der Waals surface area contributed by atoms with Crippen molar-refractivity contribution in [3.63, 3.8) is 0 Å². The van der Waals surface area contributed by atoms with E-state index in [1.807, 2.05) is 6.07 Å². The molecule has 0 bridgehead atoms. The molecule has 76 valence electrons. The van der Waals surface area contributed by atoms with Gasteiger partial charge in [0, 0.05) is 11.8 Å². The Balaban J connectivity index is 3.12. The summed E-state index contributed by atoms with van der Waals surface area (Å²) in [5, 5.41) is 8.37. The van der Waals surface area contributed by atoms with Crippen molar-refractivity contribution in [2.45, 2.75) is 0 Å². The van der Waals surface area contributed by atoms with E-state index in [1.165, 1.54) is 13.2 Å². The van der Waals surface area contributed by atoms with Crippen molar-refractivity contribution in [2.75, 3.05) is 12.8 Å². The largest absolute Gasteiger partial charge is 0.465 e. The summed E-state index contributed by atoms with van der Waals surface area (Å²) < 4.78 is 4.57. The molecule has 0 unspecified atom stereocenters. The Labute approximate surface area is 87.6 Å². The van der Waals surface area contributed by atoms with Gasteiger partial charge in [-0.25, -0.2) is 4.79 Å². The van der Waals surface area contributed by atoms with Gasteiger partial charge in [0.25, 0.3) is 0 Å². The molecule has 0 radical (unpaired) electrons. The maximum atomic E-state index is 11.2. The van der Waals surface area contributed by atoms with Crippen LogP contribution in [0.1, 0.15) is 15.9 Å². The fraction of sp³-hybridized carbons (Fsp3) is 0.0909. The number of ether oxygens (including phenoxy) is 1. The molecule has 0 amide bonds. The highest BCUT2D eigenvalue weighted by Crippen LogP contribution is 2.16. The van der Waals surface area contributed by atoms with Gasteiger partial charge >= 0.3 is 5.97 Å². The summed E-state index contributed by atoms with van der Waals surface area (Å²) in [7, 11) is 1.31. The van der Waals surface area contributed by atoms with Gasteiger partial charge in [0.05, 0.1) is 18.7 Å². The Morgan fingerprint density at radius 2 is 2.33 bits per heavy atom. The number of benzene rings is 1. The molecule has 0 spiro atoms. The van der Waals surface area contributed by atoms with Crippen LogP contribution in [0.25, 0.3) is 6.08 Å². The molecular formula is C11H10N2O2.